The van der Waals surface area contributed by atoms with Crippen LogP contribution in [0.15, 0.2) is 60.3 Å². The van der Waals surface area contributed by atoms with Crippen LogP contribution >= 0.6 is 0 Å². The molecule has 2 aromatic carbocycles. The second-order valence-electron chi connectivity index (χ2n) is 5.44. The van der Waals surface area contributed by atoms with Gasteiger partial charge in [0.1, 0.15) is 6.07 Å². The monoisotopic (exact) mass is 349 g/mol. The fraction of sp³-hybridized carbons (Fsp3) is 0.150. The molecule has 0 bridgehead atoms. The van der Waals surface area contributed by atoms with Crippen LogP contribution in [0.3, 0.4) is 0 Å². The first kappa shape index (κ1) is 18.7. The fourth-order valence-corrected chi connectivity index (χ4v) is 2.18. The molecule has 0 aliphatic carbocycles. The molecule has 0 aliphatic heterocycles. The molecule has 0 saturated heterocycles. The lowest BCUT2D eigenvalue weighted by molar-refractivity contribution is -0.138. The molecule has 0 spiro atoms. The van der Waals surface area contributed by atoms with Crippen molar-refractivity contribution in [3.8, 4) is 6.07 Å². The van der Waals surface area contributed by atoms with E-state index in [1.165, 1.54) is 6.20 Å². The lowest BCUT2D eigenvalue weighted by Crippen LogP contribution is -2.12. The number of nitrogens with zero attached hydrogens (tertiary/aromatic N) is 1. The summed E-state index contributed by atoms with van der Waals surface area (Å²) in [6, 6.07) is 16.0. The average Bonchev–Trinajstić information content (AvgIpc) is 2.63. The van der Waals surface area contributed by atoms with Crippen LogP contribution in [-0.4, -0.2) is 18.5 Å². The van der Waals surface area contributed by atoms with E-state index in [2.05, 4.69) is 10.6 Å². The maximum Gasteiger partial charge on any atom is 0.350 e. The summed E-state index contributed by atoms with van der Waals surface area (Å²) in [5.41, 5.74) is 2.62. The number of carbonyl (C=O) groups excluding carboxylic acids is 2. The first-order chi connectivity index (χ1) is 12.5. The Morgan fingerprint density at radius 2 is 1.88 bits per heavy atom. The van der Waals surface area contributed by atoms with E-state index in [1.54, 1.807) is 37.3 Å². The number of hydrogen-bond acceptors (Lipinski definition) is 5. The summed E-state index contributed by atoms with van der Waals surface area (Å²) >= 11 is 0. The van der Waals surface area contributed by atoms with Gasteiger partial charge in [0.15, 0.2) is 5.57 Å². The van der Waals surface area contributed by atoms with Gasteiger partial charge in [-0.3, -0.25) is 4.79 Å². The number of hydrogen-bond donors (Lipinski definition) is 2. The van der Waals surface area contributed by atoms with Crippen molar-refractivity contribution in [2.75, 3.05) is 17.2 Å². The number of benzene rings is 2. The highest BCUT2D eigenvalue weighted by Crippen LogP contribution is 2.15. The van der Waals surface area contributed by atoms with Crippen LogP contribution in [0.4, 0.5) is 11.4 Å². The predicted molar refractivity (Wildman–Crippen MR) is 99.5 cm³/mol. The van der Waals surface area contributed by atoms with E-state index in [0.717, 1.165) is 5.56 Å². The predicted octanol–water partition coefficient (Wildman–Crippen LogP) is 3.63. The molecule has 0 fully saturated rings. The fourth-order valence-electron chi connectivity index (χ4n) is 2.18. The standard InChI is InChI=1S/C20H19N3O3/c1-3-26-20(25)16(12-21)13-22-17-8-5-7-15(11-17)19(24)23-18-9-4-6-14(2)10-18/h4-11,13,22H,3H2,1-2H3,(H,23,24)/b16-13-. The van der Waals surface area contributed by atoms with Crippen LogP contribution in [0.5, 0.6) is 0 Å². The molecule has 6 nitrogen and oxygen atoms in total. The van der Waals surface area contributed by atoms with Gasteiger partial charge in [0.2, 0.25) is 0 Å². The zero-order chi connectivity index (χ0) is 18.9. The highest BCUT2D eigenvalue weighted by Gasteiger charge is 2.10. The minimum Gasteiger partial charge on any atom is -0.462 e. The Kier molecular flexibility index (Phi) is 6.52. The number of nitriles is 1. The molecule has 0 unspecified atom stereocenters. The molecule has 0 aliphatic rings. The van der Waals surface area contributed by atoms with Crippen LogP contribution in [0.2, 0.25) is 0 Å². The van der Waals surface area contributed by atoms with E-state index in [9.17, 15) is 9.59 Å². The summed E-state index contributed by atoms with van der Waals surface area (Å²) in [5, 5.41) is 14.7. The molecular formula is C20H19N3O3. The summed E-state index contributed by atoms with van der Waals surface area (Å²) in [7, 11) is 0. The molecule has 0 radical (unpaired) electrons. The summed E-state index contributed by atoms with van der Waals surface area (Å²) in [4.78, 5) is 24.0. The summed E-state index contributed by atoms with van der Waals surface area (Å²) in [5.74, 6) is -0.954. The first-order valence-corrected chi connectivity index (χ1v) is 8.05. The number of anilines is 2. The van der Waals surface area contributed by atoms with E-state index in [0.29, 0.717) is 16.9 Å². The Balaban J connectivity index is 2.11. The van der Waals surface area contributed by atoms with Crippen molar-refractivity contribution in [1.29, 1.82) is 5.26 Å². The molecule has 0 atom stereocenters. The lowest BCUT2D eigenvalue weighted by atomic mass is 10.1. The molecule has 6 heteroatoms. The zero-order valence-corrected chi connectivity index (χ0v) is 14.6. The zero-order valence-electron chi connectivity index (χ0n) is 14.6. The quantitative estimate of drug-likeness (QED) is 0.472. The maximum atomic E-state index is 12.4. The molecule has 26 heavy (non-hydrogen) atoms. The van der Waals surface area contributed by atoms with Crippen molar-refractivity contribution >= 4 is 23.3 Å². The van der Waals surface area contributed by atoms with Crippen LogP contribution in [0.1, 0.15) is 22.8 Å². The van der Waals surface area contributed by atoms with Gasteiger partial charge in [0.05, 0.1) is 6.61 Å². The maximum absolute atomic E-state index is 12.4. The van der Waals surface area contributed by atoms with Gasteiger partial charge in [-0.1, -0.05) is 18.2 Å². The number of rotatable bonds is 6. The number of ether oxygens (including phenoxy) is 1. The third-order valence-electron chi connectivity index (χ3n) is 3.40. The molecule has 2 aromatic rings. The summed E-state index contributed by atoms with van der Waals surface area (Å²) in [6.07, 6.45) is 1.26. The van der Waals surface area contributed by atoms with Crippen LogP contribution in [0.25, 0.3) is 0 Å². The number of carbonyl (C=O) groups is 2. The van der Waals surface area contributed by atoms with Gasteiger partial charge in [0.25, 0.3) is 5.91 Å². The van der Waals surface area contributed by atoms with Gasteiger partial charge < -0.3 is 15.4 Å². The largest absolute Gasteiger partial charge is 0.462 e. The topological polar surface area (TPSA) is 91.2 Å². The van der Waals surface area contributed by atoms with Gasteiger partial charge in [-0.05, 0) is 49.7 Å². The molecule has 0 saturated carbocycles. The summed E-state index contributed by atoms with van der Waals surface area (Å²) in [6.45, 7) is 3.80. The third-order valence-corrected chi connectivity index (χ3v) is 3.40. The van der Waals surface area contributed by atoms with Crippen LogP contribution in [-0.2, 0) is 9.53 Å². The van der Waals surface area contributed by atoms with Crippen molar-refractivity contribution in [2.24, 2.45) is 0 Å². The molecule has 2 rings (SSSR count). The second-order valence-corrected chi connectivity index (χ2v) is 5.44. The van der Waals surface area contributed by atoms with E-state index < -0.39 is 5.97 Å². The molecule has 132 valence electrons. The minimum atomic E-state index is -0.698. The van der Waals surface area contributed by atoms with Crippen molar-refractivity contribution in [2.45, 2.75) is 13.8 Å². The molecule has 1 amide bonds. The number of nitrogens with one attached hydrogen (secondary N) is 2. The van der Waals surface area contributed by atoms with Crippen molar-refractivity contribution in [3.63, 3.8) is 0 Å². The number of amides is 1. The Morgan fingerprint density at radius 3 is 2.58 bits per heavy atom. The van der Waals surface area contributed by atoms with Gasteiger partial charge in [-0.15, -0.1) is 0 Å². The van der Waals surface area contributed by atoms with Gasteiger partial charge in [-0.25, -0.2) is 4.79 Å². The van der Waals surface area contributed by atoms with Crippen molar-refractivity contribution in [3.05, 3.63) is 71.4 Å². The SMILES string of the molecule is CCOC(=O)/C(C#N)=C\Nc1cccc(C(=O)Nc2cccc(C)c2)c1. The second kappa shape index (κ2) is 9.04. The Hall–Kier alpha value is -3.59. The first-order valence-electron chi connectivity index (χ1n) is 8.05. The number of esters is 1. The Bertz CT molecular complexity index is 882. The average molecular weight is 349 g/mol. The van der Waals surface area contributed by atoms with Gasteiger partial charge in [0, 0.05) is 23.1 Å². The van der Waals surface area contributed by atoms with Crippen LogP contribution < -0.4 is 10.6 Å². The van der Waals surface area contributed by atoms with E-state index in [4.69, 9.17) is 10.00 Å². The van der Waals surface area contributed by atoms with Gasteiger partial charge >= 0.3 is 5.97 Å². The summed E-state index contributed by atoms with van der Waals surface area (Å²) < 4.78 is 4.79. The van der Waals surface area contributed by atoms with Crippen molar-refractivity contribution in [1.82, 2.24) is 0 Å². The smallest absolute Gasteiger partial charge is 0.350 e. The van der Waals surface area contributed by atoms with Crippen molar-refractivity contribution < 1.29 is 14.3 Å². The van der Waals surface area contributed by atoms with E-state index in [1.807, 2.05) is 31.2 Å². The number of aryl methyl sites for hydroxylation is 1. The Morgan fingerprint density at radius 1 is 1.15 bits per heavy atom. The molecule has 0 aromatic heterocycles. The van der Waals surface area contributed by atoms with E-state index >= 15 is 0 Å². The lowest BCUT2D eigenvalue weighted by Gasteiger charge is -2.08. The molecule has 0 heterocycles. The van der Waals surface area contributed by atoms with E-state index in [-0.39, 0.29) is 18.1 Å². The molecule has 2 N–H and O–H groups in total. The molecular weight excluding hydrogens is 330 g/mol. The van der Waals surface area contributed by atoms with Gasteiger partial charge in [-0.2, -0.15) is 5.26 Å². The Labute approximate surface area is 152 Å². The normalized spacial score (nSPS) is 10.6. The highest BCUT2D eigenvalue weighted by molar-refractivity contribution is 6.04. The van der Waals surface area contributed by atoms with Crippen LogP contribution in [0, 0.1) is 18.3 Å². The highest BCUT2D eigenvalue weighted by atomic mass is 16.5. The third kappa shape index (κ3) is 5.21. The minimum absolute atomic E-state index is 0.151.